The van der Waals surface area contributed by atoms with Crippen LogP contribution in [-0.4, -0.2) is 32.5 Å². The Hall–Kier alpha value is -2.14. The molecule has 0 saturated carbocycles. The van der Waals surface area contributed by atoms with Gasteiger partial charge in [-0.05, 0) is 19.9 Å². The van der Waals surface area contributed by atoms with Gasteiger partial charge < -0.3 is 9.47 Å². The average molecular weight is 466 g/mol. The summed E-state index contributed by atoms with van der Waals surface area (Å²) in [5.74, 6) is -1.69. The number of pyridine rings is 1. The third kappa shape index (κ3) is 6.17. The lowest BCUT2D eigenvalue weighted by molar-refractivity contribution is 0.0977. The van der Waals surface area contributed by atoms with Crippen LogP contribution < -0.4 is 18.9 Å². The molecule has 1 aromatic carbocycles. The summed E-state index contributed by atoms with van der Waals surface area (Å²) in [6, 6.07) is 3.93. The van der Waals surface area contributed by atoms with E-state index in [4.69, 9.17) is 32.7 Å². The highest BCUT2D eigenvalue weighted by atomic mass is 35.5. The molecule has 0 unspecified atom stereocenters. The summed E-state index contributed by atoms with van der Waals surface area (Å²) in [4.78, 5) is 16.0. The summed E-state index contributed by atoms with van der Waals surface area (Å²) in [6.45, 7) is 3.52. The average Bonchev–Trinajstić information content (AvgIpc) is 2.64. The van der Waals surface area contributed by atoms with Gasteiger partial charge in [0.2, 0.25) is 5.88 Å². The van der Waals surface area contributed by atoms with Crippen molar-refractivity contribution in [1.29, 1.82) is 0 Å². The van der Waals surface area contributed by atoms with Crippen LogP contribution in [0.3, 0.4) is 0 Å². The monoisotopic (exact) mass is 465 g/mol. The number of ether oxygens (including phenoxy) is 2. The zero-order chi connectivity index (χ0) is 21.8. The number of hydrogen-bond acceptors (Lipinski definition) is 6. The van der Waals surface area contributed by atoms with Gasteiger partial charge in [0, 0.05) is 18.7 Å². The minimum absolute atomic E-state index is 0.104. The minimum Gasteiger partial charge on any atom is -0.487 e. The standard InChI is InChI=1S/C17H18Cl2FN3O5S/c1-9(2)28-17-13(18)6-11(7-22-17)27-8-10-4-5-12(15(20)14(10)19)16(24)23-29(25,26)21-3/h4-7,9,21H,8H2,1-3H3,(H,23,24). The lowest BCUT2D eigenvalue weighted by atomic mass is 10.1. The van der Waals surface area contributed by atoms with Crippen molar-refractivity contribution in [2.75, 3.05) is 7.05 Å². The molecule has 1 aromatic heterocycles. The van der Waals surface area contributed by atoms with Crippen LogP contribution in [-0.2, 0) is 16.8 Å². The Morgan fingerprint density at radius 3 is 2.59 bits per heavy atom. The SMILES string of the molecule is CNS(=O)(=O)NC(=O)c1ccc(COc2cnc(OC(C)C)c(Cl)c2)c(Cl)c1F. The van der Waals surface area contributed by atoms with Gasteiger partial charge >= 0.3 is 10.2 Å². The van der Waals surface area contributed by atoms with E-state index in [-0.39, 0.29) is 34.2 Å². The van der Waals surface area contributed by atoms with Crippen molar-refractivity contribution < 1.29 is 27.1 Å². The first-order chi connectivity index (χ1) is 13.5. The van der Waals surface area contributed by atoms with Crippen LogP contribution in [0.5, 0.6) is 11.6 Å². The van der Waals surface area contributed by atoms with Gasteiger partial charge in [0.15, 0.2) is 5.82 Å². The maximum Gasteiger partial charge on any atom is 0.301 e. The van der Waals surface area contributed by atoms with E-state index < -0.39 is 27.5 Å². The topological polar surface area (TPSA) is 107 Å². The summed E-state index contributed by atoms with van der Waals surface area (Å²) in [7, 11) is -2.98. The highest BCUT2D eigenvalue weighted by Crippen LogP contribution is 2.29. The van der Waals surface area contributed by atoms with Crippen molar-refractivity contribution in [2.24, 2.45) is 0 Å². The molecule has 0 atom stereocenters. The second kappa shape index (κ2) is 9.57. The maximum absolute atomic E-state index is 14.4. The van der Waals surface area contributed by atoms with Crippen LogP contribution in [0, 0.1) is 5.82 Å². The fourth-order valence-corrected chi connectivity index (χ4v) is 2.94. The van der Waals surface area contributed by atoms with E-state index in [0.717, 1.165) is 13.1 Å². The van der Waals surface area contributed by atoms with Gasteiger partial charge in [-0.25, -0.2) is 18.8 Å². The molecule has 0 fully saturated rings. The minimum atomic E-state index is -4.08. The zero-order valence-corrected chi connectivity index (χ0v) is 18.0. The van der Waals surface area contributed by atoms with E-state index in [2.05, 4.69) is 4.98 Å². The third-order valence-electron chi connectivity index (χ3n) is 3.43. The van der Waals surface area contributed by atoms with Crippen LogP contribution in [0.1, 0.15) is 29.8 Å². The first-order valence-electron chi connectivity index (χ1n) is 8.21. The van der Waals surface area contributed by atoms with Crippen LogP contribution in [0.4, 0.5) is 4.39 Å². The highest BCUT2D eigenvalue weighted by Gasteiger charge is 2.21. The molecule has 1 amide bonds. The third-order valence-corrected chi connectivity index (χ3v) is 5.10. The van der Waals surface area contributed by atoms with Crippen LogP contribution in [0.15, 0.2) is 24.4 Å². The molecular weight excluding hydrogens is 448 g/mol. The number of halogens is 3. The predicted octanol–water partition coefficient (Wildman–Crippen LogP) is 3.09. The lowest BCUT2D eigenvalue weighted by Gasteiger charge is -2.13. The Kier molecular flexibility index (Phi) is 7.64. The van der Waals surface area contributed by atoms with Gasteiger partial charge in [-0.3, -0.25) is 4.79 Å². The molecule has 29 heavy (non-hydrogen) atoms. The first kappa shape index (κ1) is 23.1. The molecular formula is C17H18Cl2FN3O5S. The number of carbonyl (C=O) groups excluding carboxylic acids is 1. The molecule has 0 spiro atoms. The molecule has 2 rings (SSSR count). The van der Waals surface area contributed by atoms with Gasteiger partial charge in [-0.15, -0.1) is 0 Å². The molecule has 0 bridgehead atoms. The Balaban J connectivity index is 2.14. The highest BCUT2D eigenvalue weighted by molar-refractivity contribution is 7.88. The van der Waals surface area contributed by atoms with E-state index in [1.54, 1.807) is 4.72 Å². The molecule has 0 aliphatic carbocycles. The van der Waals surface area contributed by atoms with Gasteiger partial charge in [0.25, 0.3) is 5.91 Å². The predicted molar refractivity (Wildman–Crippen MR) is 106 cm³/mol. The number of nitrogens with one attached hydrogen (secondary N) is 2. The van der Waals surface area contributed by atoms with E-state index in [0.29, 0.717) is 5.75 Å². The number of aromatic nitrogens is 1. The summed E-state index contributed by atoms with van der Waals surface area (Å²) < 4.78 is 51.6. The molecule has 0 aliphatic heterocycles. The van der Waals surface area contributed by atoms with E-state index >= 15 is 0 Å². The second-order valence-electron chi connectivity index (χ2n) is 5.95. The Morgan fingerprint density at radius 2 is 2.00 bits per heavy atom. The van der Waals surface area contributed by atoms with E-state index in [1.165, 1.54) is 18.3 Å². The molecule has 12 heteroatoms. The van der Waals surface area contributed by atoms with Crippen molar-refractivity contribution in [2.45, 2.75) is 26.6 Å². The molecule has 0 radical (unpaired) electrons. The number of hydrogen-bond donors (Lipinski definition) is 2. The second-order valence-corrected chi connectivity index (χ2v) is 8.36. The summed E-state index contributed by atoms with van der Waals surface area (Å²) in [6.07, 6.45) is 1.28. The van der Waals surface area contributed by atoms with Gasteiger partial charge in [-0.1, -0.05) is 29.3 Å². The summed E-state index contributed by atoms with van der Waals surface area (Å²) in [5, 5.41) is -0.135. The quantitative estimate of drug-likeness (QED) is 0.620. The number of nitrogens with zero attached hydrogens (tertiary/aromatic N) is 1. The van der Waals surface area contributed by atoms with E-state index in [9.17, 15) is 17.6 Å². The zero-order valence-electron chi connectivity index (χ0n) is 15.6. The smallest absolute Gasteiger partial charge is 0.301 e. The Morgan fingerprint density at radius 1 is 1.31 bits per heavy atom. The number of carbonyl (C=O) groups is 1. The van der Waals surface area contributed by atoms with Crippen molar-refractivity contribution in [3.05, 3.63) is 51.4 Å². The number of benzene rings is 1. The molecule has 0 aliphatic rings. The van der Waals surface area contributed by atoms with Crippen molar-refractivity contribution in [1.82, 2.24) is 14.4 Å². The maximum atomic E-state index is 14.4. The lowest BCUT2D eigenvalue weighted by Crippen LogP contribution is -2.38. The fraction of sp³-hybridized carbons (Fsp3) is 0.294. The van der Waals surface area contributed by atoms with Gasteiger partial charge in [-0.2, -0.15) is 8.42 Å². The van der Waals surface area contributed by atoms with Crippen LogP contribution in [0.25, 0.3) is 0 Å². The largest absolute Gasteiger partial charge is 0.487 e. The molecule has 8 nitrogen and oxygen atoms in total. The molecule has 1 heterocycles. The van der Waals surface area contributed by atoms with Crippen molar-refractivity contribution >= 4 is 39.3 Å². The molecule has 158 valence electrons. The Bertz CT molecular complexity index is 1020. The fourth-order valence-electron chi connectivity index (χ4n) is 2.06. The molecule has 0 saturated heterocycles. The Labute approximate surface area is 177 Å². The normalized spacial score (nSPS) is 11.4. The van der Waals surface area contributed by atoms with E-state index in [1.807, 2.05) is 18.6 Å². The summed E-state index contributed by atoms with van der Waals surface area (Å²) in [5.41, 5.74) is -0.298. The summed E-state index contributed by atoms with van der Waals surface area (Å²) >= 11 is 12.0. The van der Waals surface area contributed by atoms with Crippen LogP contribution in [0.2, 0.25) is 10.0 Å². The number of amides is 1. The molecule has 2 N–H and O–H groups in total. The van der Waals surface area contributed by atoms with Gasteiger partial charge in [0.1, 0.15) is 17.4 Å². The van der Waals surface area contributed by atoms with Gasteiger partial charge in [0.05, 0.1) is 22.9 Å². The first-order valence-corrected chi connectivity index (χ1v) is 10.5. The van der Waals surface area contributed by atoms with Crippen molar-refractivity contribution in [3.8, 4) is 11.6 Å². The van der Waals surface area contributed by atoms with Crippen molar-refractivity contribution in [3.63, 3.8) is 0 Å². The molecule has 2 aromatic rings. The number of rotatable bonds is 8. The van der Waals surface area contributed by atoms with Crippen LogP contribution >= 0.6 is 23.2 Å².